The molecule has 0 aromatic rings. The maximum Gasteiger partial charge on any atom is 0.335 e. The zero-order valence-corrected chi connectivity index (χ0v) is 8.45. The van der Waals surface area contributed by atoms with Gasteiger partial charge < -0.3 is 4.74 Å². The second kappa shape index (κ2) is 9.04. The Kier molecular flexibility index (Phi) is 8.31. The second-order valence-electron chi connectivity index (χ2n) is 2.79. The molecule has 2 heteroatoms. The van der Waals surface area contributed by atoms with E-state index in [2.05, 4.69) is 13.8 Å². The molecule has 0 radical (unpaired) electrons. The number of hydrogen-bond donors (Lipinski definition) is 0. The number of unbranched alkanes of at least 4 members (excludes halogenated alkanes) is 2. The van der Waals surface area contributed by atoms with Crippen LogP contribution in [0.25, 0.3) is 0 Å². The van der Waals surface area contributed by atoms with Crippen LogP contribution in [-0.4, -0.2) is 5.97 Å². The van der Waals surface area contributed by atoms with E-state index in [9.17, 15) is 4.79 Å². The fourth-order valence-corrected chi connectivity index (χ4v) is 0.735. The van der Waals surface area contributed by atoms with Gasteiger partial charge in [-0.3, -0.25) is 0 Å². The Morgan fingerprint density at radius 1 is 1.15 bits per heavy atom. The fraction of sp³-hybridized carbons (Fsp3) is 0.545. The molecule has 0 fully saturated rings. The first-order valence-corrected chi connectivity index (χ1v) is 4.83. The molecule has 0 N–H and O–H groups in total. The normalized spacial score (nSPS) is 11.2. The minimum Gasteiger partial charge on any atom is -0.432 e. The van der Waals surface area contributed by atoms with E-state index >= 15 is 0 Å². The molecule has 0 aliphatic rings. The zero-order chi connectivity index (χ0) is 9.94. The molecule has 0 bridgehead atoms. The van der Waals surface area contributed by atoms with Crippen LogP contribution in [0, 0.1) is 0 Å². The topological polar surface area (TPSA) is 26.3 Å². The number of carbonyl (C=O) groups excluding carboxylic acids is 1. The van der Waals surface area contributed by atoms with Crippen molar-refractivity contribution >= 4 is 5.97 Å². The highest BCUT2D eigenvalue weighted by Crippen LogP contribution is 1.92. The van der Waals surface area contributed by atoms with E-state index in [1.807, 2.05) is 12.2 Å². The van der Waals surface area contributed by atoms with Crippen molar-refractivity contribution in [1.29, 1.82) is 0 Å². The minimum atomic E-state index is -0.291. The van der Waals surface area contributed by atoms with E-state index in [4.69, 9.17) is 4.74 Å². The largest absolute Gasteiger partial charge is 0.432 e. The van der Waals surface area contributed by atoms with Gasteiger partial charge in [0, 0.05) is 6.08 Å². The molecule has 0 aliphatic carbocycles. The van der Waals surface area contributed by atoms with Gasteiger partial charge in [0.2, 0.25) is 0 Å². The van der Waals surface area contributed by atoms with Gasteiger partial charge in [0.15, 0.2) is 0 Å². The van der Waals surface area contributed by atoms with E-state index in [1.165, 1.54) is 12.3 Å². The summed E-state index contributed by atoms with van der Waals surface area (Å²) in [5.74, 6) is -0.291. The monoisotopic (exact) mass is 182 g/mol. The predicted molar refractivity (Wildman–Crippen MR) is 54.2 cm³/mol. The van der Waals surface area contributed by atoms with Crippen molar-refractivity contribution < 1.29 is 9.53 Å². The molecule has 0 aromatic carbocycles. The number of rotatable bonds is 6. The third kappa shape index (κ3) is 8.86. The number of hydrogen-bond acceptors (Lipinski definition) is 2. The number of esters is 1. The summed E-state index contributed by atoms with van der Waals surface area (Å²) in [6.07, 6.45) is 10.6. The highest BCUT2D eigenvalue weighted by atomic mass is 16.5. The molecular weight excluding hydrogens is 164 g/mol. The molecule has 0 aliphatic heterocycles. The standard InChI is InChI=1S/C11H18O2/c1-3-5-7-9-11(12)13-10-8-6-4-2/h7-10H,3-6H2,1-2H3. The van der Waals surface area contributed by atoms with Crippen LogP contribution in [-0.2, 0) is 9.53 Å². The molecule has 0 spiro atoms. The minimum absolute atomic E-state index is 0.291. The van der Waals surface area contributed by atoms with Gasteiger partial charge in [-0.25, -0.2) is 4.79 Å². The summed E-state index contributed by atoms with van der Waals surface area (Å²) in [5, 5.41) is 0. The molecule has 74 valence electrons. The summed E-state index contributed by atoms with van der Waals surface area (Å²) in [6, 6.07) is 0. The summed E-state index contributed by atoms with van der Waals surface area (Å²) < 4.78 is 4.78. The highest BCUT2D eigenvalue weighted by molar-refractivity contribution is 5.82. The Morgan fingerprint density at radius 3 is 2.38 bits per heavy atom. The summed E-state index contributed by atoms with van der Waals surface area (Å²) >= 11 is 0. The van der Waals surface area contributed by atoms with Gasteiger partial charge >= 0.3 is 5.97 Å². The second-order valence-corrected chi connectivity index (χ2v) is 2.79. The van der Waals surface area contributed by atoms with Gasteiger partial charge in [0.1, 0.15) is 0 Å². The number of allylic oxidation sites excluding steroid dienone is 2. The quantitative estimate of drug-likeness (QED) is 0.358. The van der Waals surface area contributed by atoms with Gasteiger partial charge in [-0.1, -0.05) is 32.8 Å². The molecule has 13 heavy (non-hydrogen) atoms. The van der Waals surface area contributed by atoms with Crippen molar-refractivity contribution in [3.05, 3.63) is 24.5 Å². The molecule has 0 aromatic heterocycles. The molecule has 2 nitrogen and oxygen atoms in total. The summed E-state index contributed by atoms with van der Waals surface area (Å²) in [7, 11) is 0. The molecule has 0 saturated carbocycles. The predicted octanol–water partition coefficient (Wildman–Crippen LogP) is 3.20. The molecule has 0 saturated heterocycles. The van der Waals surface area contributed by atoms with Gasteiger partial charge in [0.25, 0.3) is 0 Å². The number of ether oxygens (including phenoxy) is 1. The van der Waals surface area contributed by atoms with E-state index in [1.54, 1.807) is 0 Å². The lowest BCUT2D eigenvalue weighted by atomic mass is 10.3. The van der Waals surface area contributed by atoms with Crippen molar-refractivity contribution in [2.24, 2.45) is 0 Å². The van der Waals surface area contributed by atoms with Crippen LogP contribution in [0.4, 0.5) is 0 Å². The van der Waals surface area contributed by atoms with E-state index in [-0.39, 0.29) is 5.97 Å². The van der Waals surface area contributed by atoms with Gasteiger partial charge in [-0.2, -0.15) is 0 Å². The molecular formula is C11H18O2. The Bertz CT molecular complexity index is 181. The van der Waals surface area contributed by atoms with Crippen LogP contribution < -0.4 is 0 Å². The van der Waals surface area contributed by atoms with Crippen LogP contribution in [0.5, 0.6) is 0 Å². The molecule has 0 unspecified atom stereocenters. The van der Waals surface area contributed by atoms with Crippen molar-refractivity contribution in [2.45, 2.75) is 39.5 Å². The summed E-state index contributed by atoms with van der Waals surface area (Å²) in [4.78, 5) is 10.9. The lowest BCUT2D eigenvalue weighted by molar-refractivity contribution is -0.132. The summed E-state index contributed by atoms with van der Waals surface area (Å²) in [5.41, 5.74) is 0. The van der Waals surface area contributed by atoms with Crippen molar-refractivity contribution in [1.82, 2.24) is 0 Å². The van der Waals surface area contributed by atoms with Crippen molar-refractivity contribution in [3.63, 3.8) is 0 Å². The van der Waals surface area contributed by atoms with Gasteiger partial charge in [-0.05, 0) is 18.9 Å². The van der Waals surface area contributed by atoms with Crippen molar-refractivity contribution in [2.75, 3.05) is 0 Å². The summed E-state index contributed by atoms with van der Waals surface area (Å²) in [6.45, 7) is 4.14. The first-order valence-electron chi connectivity index (χ1n) is 4.83. The van der Waals surface area contributed by atoms with E-state index in [0.717, 1.165) is 25.7 Å². The Morgan fingerprint density at radius 2 is 1.77 bits per heavy atom. The molecule has 0 rings (SSSR count). The molecule has 0 atom stereocenters. The number of carbonyl (C=O) groups is 1. The fourth-order valence-electron chi connectivity index (χ4n) is 0.735. The molecule has 0 heterocycles. The Balaban J connectivity index is 3.50. The van der Waals surface area contributed by atoms with Crippen LogP contribution in [0.15, 0.2) is 24.5 Å². The highest BCUT2D eigenvalue weighted by Gasteiger charge is 1.90. The van der Waals surface area contributed by atoms with Gasteiger partial charge in [0.05, 0.1) is 6.26 Å². The SMILES string of the molecule is CCCC=COC(=O)C=CCCC. The maximum absolute atomic E-state index is 10.9. The molecule has 0 amide bonds. The lowest BCUT2D eigenvalue weighted by Gasteiger charge is -1.91. The first kappa shape index (κ1) is 11.9. The average molecular weight is 182 g/mol. The van der Waals surface area contributed by atoms with Crippen LogP contribution >= 0.6 is 0 Å². The van der Waals surface area contributed by atoms with Crippen LogP contribution in [0.3, 0.4) is 0 Å². The van der Waals surface area contributed by atoms with Crippen LogP contribution in [0.2, 0.25) is 0 Å². The average Bonchev–Trinajstić information content (AvgIpc) is 2.13. The third-order valence-corrected chi connectivity index (χ3v) is 1.45. The Labute approximate surface area is 80.3 Å². The van der Waals surface area contributed by atoms with E-state index < -0.39 is 0 Å². The lowest BCUT2D eigenvalue weighted by Crippen LogP contribution is -1.92. The zero-order valence-electron chi connectivity index (χ0n) is 8.45. The third-order valence-electron chi connectivity index (χ3n) is 1.45. The van der Waals surface area contributed by atoms with Crippen LogP contribution in [0.1, 0.15) is 39.5 Å². The van der Waals surface area contributed by atoms with E-state index in [0.29, 0.717) is 0 Å². The first-order chi connectivity index (χ1) is 6.31. The maximum atomic E-state index is 10.9. The van der Waals surface area contributed by atoms with Crippen molar-refractivity contribution in [3.8, 4) is 0 Å². The van der Waals surface area contributed by atoms with Gasteiger partial charge in [-0.15, -0.1) is 0 Å². The smallest absolute Gasteiger partial charge is 0.335 e. The Hall–Kier alpha value is -1.05.